The predicted octanol–water partition coefficient (Wildman–Crippen LogP) is 3.53. The van der Waals surface area contributed by atoms with E-state index in [-0.39, 0.29) is 12.5 Å². The van der Waals surface area contributed by atoms with E-state index in [1.165, 1.54) is 13.8 Å². The lowest BCUT2D eigenvalue weighted by Gasteiger charge is -2.27. The van der Waals surface area contributed by atoms with Crippen molar-refractivity contribution in [2.45, 2.75) is 44.2 Å². The Labute approximate surface area is 183 Å². The molecular weight excluding hydrogens is 422 g/mol. The van der Waals surface area contributed by atoms with Gasteiger partial charge in [0, 0.05) is 5.92 Å². The second-order valence-corrected chi connectivity index (χ2v) is 8.09. The van der Waals surface area contributed by atoms with E-state index in [1.54, 1.807) is 0 Å². The zero-order chi connectivity index (χ0) is 23.5. The molecule has 0 aromatic heterocycles. The number of alkyl carbamates (subject to hydrolysis) is 1. The van der Waals surface area contributed by atoms with Gasteiger partial charge in [-0.1, -0.05) is 48.5 Å². The summed E-state index contributed by atoms with van der Waals surface area (Å²) in [5.74, 6) is -2.60. The molecule has 1 unspecified atom stereocenters. The van der Waals surface area contributed by atoms with Crippen LogP contribution in [0.2, 0.25) is 0 Å². The Kier molecular flexibility index (Phi) is 6.76. The molecule has 170 valence electrons. The van der Waals surface area contributed by atoms with Crippen molar-refractivity contribution in [2.24, 2.45) is 0 Å². The van der Waals surface area contributed by atoms with E-state index in [0.29, 0.717) is 0 Å². The summed E-state index contributed by atoms with van der Waals surface area (Å²) in [7, 11) is 0. The topological polar surface area (TPSA) is 105 Å². The Bertz CT molecular complexity index is 979. The maximum atomic E-state index is 13.0. The van der Waals surface area contributed by atoms with Gasteiger partial charge in [-0.25, -0.2) is 13.6 Å². The van der Waals surface area contributed by atoms with Gasteiger partial charge < -0.3 is 20.5 Å². The Morgan fingerprint density at radius 2 is 1.56 bits per heavy atom. The van der Waals surface area contributed by atoms with E-state index < -0.39 is 42.4 Å². The Morgan fingerprint density at radius 1 is 1.03 bits per heavy atom. The standard InChI is InChI=1S/C23H24F2N2O5/c1-23(2,21(30)26-18(20(24)25)11-19(28)29)27-22(31)32-12-17-15-9-5-3-7-13(15)14-8-4-6-10-16(14)17/h3-10,17-18,20H,11-12H2,1-2H3,(H,26,30)(H,27,31)(H,28,29). The monoisotopic (exact) mass is 446 g/mol. The quantitative estimate of drug-likeness (QED) is 0.576. The van der Waals surface area contributed by atoms with Gasteiger partial charge in [-0.3, -0.25) is 9.59 Å². The first-order valence-corrected chi connectivity index (χ1v) is 10.0. The lowest BCUT2D eigenvalue weighted by atomic mass is 9.98. The first kappa shape index (κ1) is 23.2. The SMILES string of the molecule is CC(C)(NC(=O)OCC1c2ccccc2-c2ccccc21)C(=O)NC(CC(=O)O)C(F)F. The van der Waals surface area contributed by atoms with Crippen LogP contribution in [0.5, 0.6) is 0 Å². The highest BCUT2D eigenvalue weighted by Gasteiger charge is 2.35. The second-order valence-electron chi connectivity index (χ2n) is 8.09. The molecule has 0 bridgehead atoms. The average molecular weight is 446 g/mol. The third-order valence-corrected chi connectivity index (χ3v) is 5.34. The molecule has 0 spiro atoms. The normalized spacial score (nSPS) is 13.8. The number of ether oxygens (including phenoxy) is 1. The lowest BCUT2D eigenvalue weighted by molar-refractivity contribution is -0.139. The van der Waals surface area contributed by atoms with E-state index in [4.69, 9.17) is 9.84 Å². The number of carboxylic acid groups (broad SMARTS) is 1. The minimum Gasteiger partial charge on any atom is -0.481 e. The minimum atomic E-state index is -3.07. The van der Waals surface area contributed by atoms with Gasteiger partial charge in [0.25, 0.3) is 6.43 Å². The van der Waals surface area contributed by atoms with Crippen molar-refractivity contribution in [2.75, 3.05) is 6.61 Å². The molecule has 1 atom stereocenters. The summed E-state index contributed by atoms with van der Waals surface area (Å²) in [4.78, 5) is 35.5. The van der Waals surface area contributed by atoms with Crippen LogP contribution in [0.1, 0.15) is 37.3 Å². The number of carbonyl (C=O) groups excluding carboxylic acids is 2. The van der Waals surface area contributed by atoms with E-state index in [9.17, 15) is 23.2 Å². The number of aliphatic carboxylic acids is 1. The Hall–Kier alpha value is -3.49. The zero-order valence-electron chi connectivity index (χ0n) is 17.6. The number of rotatable bonds is 8. The summed E-state index contributed by atoms with van der Waals surface area (Å²) in [6, 6.07) is 13.7. The summed E-state index contributed by atoms with van der Waals surface area (Å²) in [6.45, 7) is 2.65. The molecule has 0 saturated carbocycles. The molecule has 2 aromatic carbocycles. The first-order valence-electron chi connectivity index (χ1n) is 10.0. The number of nitrogens with one attached hydrogen (secondary N) is 2. The van der Waals surface area contributed by atoms with Gasteiger partial charge in [-0.2, -0.15) is 0 Å². The fraction of sp³-hybridized carbons (Fsp3) is 0.348. The van der Waals surface area contributed by atoms with Crippen LogP contribution in [0.3, 0.4) is 0 Å². The number of hydrogen-bond acceptors (Lipinski definition) is 4. The lowest BCUT2D eigenvalue weighted by Crippen LogP contribution is -2.58. The van der Waals surface area contributed by atoms with Crippen molar-refractivity contribution in [3.63, 3.8) is 0 Å². The molecule has 1 aliphatic rings. The number of carboxylic acids is 1. The number of halogens is 2. The van der Waals surface area contributed by atoms with Crippen molar-refractivity contribution >= 4 is 18.0 Å². The summed E-state index contributed by atoms with van der Waals surface area (Å²) in [5.41, 5.74) is 2.56. The molecule has 2 amide bonds. The number of benzene rings is 2. The van der Waals surface area contributed by atoms with E-state index in [2.05, 4.69) is 5.32 Å². The van der Waals surface area contributed by atoms with Crippen LogP contribution < -0.4 is 10.6 Å². The van der Waals surface area contributed by atoms with Gasteiger partial charge in [-0.05, 0) is 36.1 Å². The van der Waals surface area contributed by atoms with Crippen LogP contribution in [-0.4, -0.2) is 47.7 Å². The fourth-order valence-corrected chi connectivity index (χ4v) is 3.69. The summed E-state index contributed by atoms with van der Waals surface area (Å²) >= 11 is 0. The van der Waals surface area contributed by atoms with Crippen LogP contribution in [0.25, 0.3) is 11.1 Å². The second kappa shape index (κ2) is 9.33. The van der Waals surface area contributed by atoms with E-state index in [0.717, 1.165) is 22.3 Å². The van der Waals surface area contributed by atoms with Crippen LogP contribution >= 0.6 is 0 Å². The van der Waals surface area contributed by atoms with Crippen LogP contribution in [-0.2, 0) is 14.3 Å². The van der Waals surface area contributed by atoms with Gasteiger partial charge in [0.1, 0.15) is 18.2 Å². The van der Waals surface area contributed by atoms with Gasteiger partial charge in [0.2, 0.25) is 5.91 Å². The van der Waals surface area contributed by atoms with E-state index in [1.807, 2.05) is 53.8 Å². The first-order chi connectivity index (χ1) is 15.1. The molecule has 0 saturated heterocycles. The molecule has 3 rings (SSSR count). The molecule has 3 N–H and O–H groups in total. The van der Waals surface area contributed by atoms with Crippen LogP contribution in [0.15, 0.2) is 48.5 Å². The highest BCUT2D eigenvalue weighted by Crippen LogP contribution is 2.44. The van der Waals surface area contributed by atoms with Crippen LogP contribution in [0.4, 0.5) is 13.6 Å². The third-order valence-electron chi connectivity index (χ3n) is 5.34. The van der Waals surface area contributed by atoms with Gasteiger partial charge in [0.05, 0.1) is 6.42 Å². The number of hydrogen-bond donors (Lipinski definition) is 3. The van der Waals surface area contributed by atoms with Crippen LogP contribution in [0, 0.1) is 0 Å². The van der Waals surface area contributed by atoms with E-state index >= 15 is 0 Å². The highest BCUT2D eigenvalue weighted by atomic mass is 19.3. The van der Waals surface area contributed by atoms with Crippen molar-refractivity contribution in [1.82, 2.24) is 10.6 Å². The molecule has 0 aliphatic heterocycles. The van der Waals surface area contributed by atoms with Crippen molar-refractivity contribution < 1.29 is 33.0 Å². The van der Waals surface area contributed by atoms with Gasteiger partial charge >= 0.3 is 12.1 Å². The number of amides is 2. The van der Waals surface area contributed by atoms with Crippen molar-refractivity contribution in [3.05, 3.63) is 59.7 Å². The molecule has 7 nitrogen and oxygen atoms in total. The minimum absolute atomic E-state index is 0.0240. The summed E-state index contributed by atoms with van der Waals surface area (Å²) < 4.78 is 31.4. The van der Waals surface area contributed by atoms with Gasteiger partial charge in [0.15, 0.2) is 0 Å². The van der Waals surface area contributed by atoms with Gasteiger partial charge in [-0.15, -0.1) is 0 Å². The maximum absolute atomic E-state index is 13.0. The predicted molar refractivity (Wildman–Crippen MR) is 112 cm³/mol. The molecule has 0 radical (unpaired) electrons. The largest absolute Gasteiger partial charge is 0.481 e. The average Bonchev–Trinajstić information content (AvgIpc) is 3.05. The molecule has 2 aromatic rings. The zero-order valence-corrected chi connectivity index (χ0v) is 17.6. The van der Waals surface area contributed by atoms with Crippen molar-refractivity contribution in [3.8, 4) is 11.1 Å². The molecule has 1 aliphatic carbocycles. The number of fused-ring (bicyclic) bond motifs is 3. The highest BCUT2D eigenvalue weighted by molar-refractivity contribution is 5.89. The third kappa shape index (κ3) is 5.04. The Balaban J connectivity index is 1.63. The number of carbonyl (C=O) groups is 3. The molecule has 0 fully saturated rings. The summed E-state index contributed by atoms with van der Waals surface area (Å²) in [5, 5.41) is 13.1. The Morgan fingerprint density at radius 3 is 2.06 bits per heavy atom. The molecule has 32 heavy (non-hydrogen) atoms. The molecule has 0 heterocycles. The molecular formula is C23H24F2N2O5. The number of alkyl halides is 2. The maximum Gasteiger partial charge on any atom is 0.408 e. The van der Waals surface area contributed by atoms with Crippen molar-refractivity contribution in [1.29, 1.82) is 0 Å². The summed E-state index contributed by atoms with van der Waals surface area (Å²) in [6.07, 6.45) is -4.90. The molecule has 9 heteroatoms. The smallest absolute Gasteiger partial charge is 0.408 e. The fourth-order valence-electron chi connectivity index (χ4n) is 3.69.